The van der Waals surface area contributed by atoms with Crippen molar-refractivity contribution in [1.29, 1.82) is 0 Å². The van der Waals surface area contributed by atoms with Gasteiger partial charge in [0.2, 0.25) is 5.91 Å². The first kappa shape index (κ1) is 13.5. The van der Waals surface area contributed by atoms with Crippen LogP contribution in [0.15, 0.2) is 0 Å². The van der Waals surface area contributed by atoms with E-state index in [1.165, 1.54) is 19.5 Å². The number of likely N-dealkylation sites (tertiary alicyclic amines) is 1. The Morgan fingerprint density at radius 1 is 1.50 bits per heavy atom. The fraction of sp³-hybridized carbons (Fsp3) is 0.917. The van der Waals surface area contributed by atoms with E-state index in [2.05, 4.69) is 29.4 Å². The summed E-state index contributed by atoms with van der Waals surface area (Å²) in [5.41, 5.74) is 0. The third kappa shape index (κ3) is 4.49. The van der Waals surface area contributed by atoms with Gasteiger partial charge in [-0.15, -0.1) is 0 Å². The predicted octanol–water partition coefficient (Wildman–Crippen LogP) is 0.442. The van der Waals surface area contributed by atoms with Crippen LogP contribution < -0.4 is 10.6 Å². The highest BCUT2D eigenvalue weighted by molar-refractivity contribution is 5.77. The Balaban J connectivity index is 2.09. The Hall–Kier alpha value is -0.610. The van der Waals surface area contributed by atoms with Gasteiger partial charge < -0.3 is 15.5 Å². The molecular formula is C12H25N3O. The zero-order valence-electron chi connectivity index (χ0n) is 10.8. The second-order valence-electron chi connectivity index (χ2n) is 4.83. The van der Waals surface area contributed by atoms with Crippen molar-refractivity contribution in [3.8, 4) is 0 Å². The summed E-state index contributed by atoms with van der Waals surface area (Å²) >= 11 is 0. The van der Waals surface area contributed by atoms with Gasteiger partial charge in [-0.1, -0.05) is 0 Å². The minimum atomic E-state index is 0.0983. The maximum absolute atomic E-state index is 11.2. The quantitative estimate of drug-likeness (QED) is 0.692. The summed E-state index contributed by atoms with van der Waals surface area (Å²) in [5, 5.41) is 6.02. The predicted molar refractivity (Wildman–Crippen MR) is 66.4 cm³/mol. The maximum atomic E-state index is 11.2. The lowest BCUT2D eigenvalue weighted by atomic mass is 10.1. The van der Waals surface area contributed by atoms with E-state index in [-0.39, 0.29) is 5.91 Å². The van der Waals surface area contributed by atoms with Gasteiger partial charge in [0.05, 0.1) is 6.54 Å². The van der Waals surface area contributed by atoms with Crippen molar-refractivity contribution >= 4 is 5.91 Å². The maximum Gasteiger partial charge on any atom is 0.233 e. The Morgan fingerprint density at radius 3 is 2.81 bits per heavy atom. The zero-order chi connectivity index (χ0) is 12.0. The minimum absolute atomic E-state index is 0.0983. The van der Waals surface area contributed by atoms with Crippen molar-refractivity contribution in [2.75, 3.05) is 32.7 Å². The summed E-state index contributed by atoms with van der Waals surface area (Å²) in [7, 11) is 0. The number of carbonyl (C=O) groups excluding carboxylic acids is 1. The Kier molecular flexibility index (Phi) is 5.77. The molecule has 1 unspecified atom stereocenters. The summed E-state index contributed by atoms with van der Waals surface area (Å²) in [4.78, 5) is 13.7. The molecule has 1 aliphatic rings. The number of hydrogen-bond donors (Lipinski definition) is 2. The largest absolute Gasteiger partial charge is 0.355 e. The van der Waals surface area contributed by atoms with Crippen LogP contribution in [0.1, 0.15) is 27.2 Å². The molecule has 1 atom stereocenters. The van der Waals surface area contributed by atoms with E-state index in [0.717, 1.165) is 6.54 Å². The molecule has 2 N–H and O–H groups in total. The van der Waals surface area contributed by atoms with Gasteiger partial charge >= 0.3 is 0 Å². The number of hydrogen-bond acceptors (Lipinski definition) is 3. The van der Waals surface area contributed by atoms with E-state index in [1.807, 2.05) is 6.92 Å². The normalized spacial score (nSPS) is 21.6. The van der Waals surface area contributed by atoms with E-state index in [4.69, 9.17) is 0 Å². The van der Waals surface area contributed by atoms with Gasteiger partial charge in [-0.05, 0) is 46.2 Å². The Labute approximate surface area is 98.8 Å². The number of carbonyl (C=O) groups is 1. The van der Waals surface area contributed by atoms with Gasteiger partial charge in [-0.25, -0.2) is 0 Å². The molecule has 1 rings (SSSR count). The average Bonchev–Trinajstić information content (AvgIpc) is 2.67. The van der Waals surface area contributed by atoms with Crippen LogP contribution in [0.2, 0.25) is 0 Å². The smallest absolute Gasteiger partial charge is 0.233 e. The molecule has 1 fully saturated rings. The molecule has 4 nitrogen and oxygen atoms in total. The molecule has 0 bridgehead atoms. The van der Waals surface area contributed by atoms with Crippen LogP contribution in [-0.2, 0) is 4.79 Å². The Morgan fingerprint density at radius 2 is 2.25 bits per heavy atom. The molecule has 0 aromatic carbocycles. The molecule has 0 aliphatic carbocycles. The standard InChI is InChI=1S/C12H25N3O/c1-4-14-12(16)8-13-7-11-5-6-15(9-11)10(2)3/h10-11,13H,4-9H2,1-3H3,(H,14,16). The fourth-order valence-electron chi connectivity index (χ4n) is 2.15. The van der Waals surface area contributed by atoms with E-state index < -0.39 is 0 Å². The number of likely N-dealkylation sites (N-methyl/N-ethyl adjacent to an activating group) is 1. The second kappa shape index (κ2) is 6.86. The van der Waals surface area contributed by atoms with Crippen LogP contribution in [0, 0.1) is 5.92 Å². The molecule has 4 heteroatoms. The van der Waals surface area contributed by atoms with E-state index in [0.29, 0.717) is 25.0 Å². The number of nitrogens with zero attached hydrogens (tertiary/aromatic N) is 1. The van der Waals surface area contributed by atoms with Crippen LogP contribution in [0.3, 0.4) is 0 Å². The lowest BCUT2D eigenvalue weighted by Crippen LogP contribution is -2.36. The Bertz CT molecular complexity index is 218. The van der Waals surface area contributed by atoms with Gasteiger partial charge in [-0.2, -0.15) is 0 Å². The van der Waals surface area contributed by atoms with Crippen LogP contribution in [-0.4, -0.2) is 49.6 Å². The van der Waals surface area contributed by atoms with E-state index in [9.17, 15) is 4.79 Å². The topological polar surface area (TPSA) is 44.4 Å². The number of nitrogens with one attached hydrogen (secondary N) is 2. The van der Waals surface area contributed by atoms with Crippen molar-refractivity contribution in [3.63, 3.8) is 0 Å². The highest BCUT2D eigenvalue weighted by Gasteiger charge is 2.23. The third-order valence-corrected chi connectivity index (χ3v) is 3.14. The first-order valence-electron chi connectivity index (χ1n) is 6.35. The van der Waals surface area contributed by atoms with Gasteiger partial charge in [0.15, 0.2) is 0 Å². The molecule has 0 radical (unpaired) electrons. The number of rotatable bonds is 6. The van der Waals surface area contributed by atoms with Gasteiger partial charge in [0.1, 0.15) is 0 Å². The summed E-state index contributed by atoms with van der Waals surface area (Å²) in [6, 6.07) is 0.647. The summed E-state index contributed by atoms with van der Waals surface area (Å²) < 4.78 is 0. The van der Waals surface area contributed by atoms with Crippen molar-refractivity contribution in [3.05, 3.63) is 0 Å². The van der Waals surface area contributed by atoms with Crippen molar-refractivity contribution in [1.82, 2.24) is 15.5 Å². The van der Waals surface area contributed by atoms with Gasteiger partial charge in [0.25, 0.3) is 0 Å². The lowest BCUT2D eigenvalue weighted by Gasteiger charge is -2.20. The first-order chi connectivity index (χ1) is 7.63. The highest BCUT2D eigenvalue weighted by Crippen LogP contribution is 2.17. The second-order valence-corrected chi connectivity index (χ2v) is 4.83. The third-order valence-electron chi connectivity index (χ3n) is 3.14. The molecule has 1 heterocycles. The SMILES string of the molecule is CCNC(=O)CNCC1CCN(C(C)C)C1. The molecule has 0 spiro atoms. The fourth-order valence-corrected chi connectivity index (χ4v) is 2.15. The van der Waals surface area contributed by atoms with E-state index in [1.54, 1.807) is 0 Å². The molecule has 16 heavy (non-hydrogen) atoms. The number of amides is 1. The summed E-state index contributed by atoms with van der Waals surface area (Å²) in [6.07, 6.45) is 1.25. The minimum Gasteiger partial charge on any atom is -0.355 e. The molecule has 1 amide bonds. The van der Waals surface area contributed by atoms with Crippen molar-refractivity contribution in [2.45, 2.75) is 33.2 Å². The van der Waals surface area contributed by atoms with Gasteiger partial charge in [0, 0.05) is 19.1 Å². The summed E-state index contributed by atoms with van der Waals surface area (Å²) in [6.45, 7) is 10.9. The first-order valence-corrected chi connectivity index (χ1v) is 6.35. The van der Waals surface area contributed by atoms with Crippen LogP contribution in [0.4, 0.5) is 0 Å². The van der Waals surface area contributed by atoms with Crippen molar-refractivity contribution < 1.29 is 4.79 Å². The van der Waals surface area contributed by atoms with Crippen LogP contribution in [0.5, 0.6) is 0 Å². The molecule has 1 aliphatic heterocycles. The molecule has 94 valence electrons. The molecule has 0 aromatic heterocycles. The summed E-state index contributed by atoms with van der Waals surface area (Å²) in [5.74, 6) is 0.804. The van der Waals surface area contributed by atoms with Crippen molar-refractivity contribution in [2.24, 2.45) is 5.92 Å². The van der Waals surface area contributed by atoms with Crippen LogP contribution >= 0.6 is 0 Å². The van der Waals surface area contributed by atoms with Gasteiger partial charge in [-0.3, -0.25) is 4.79 Å². The average molecular weight is 227 g/mol. The molecule has 0 aromatic rings. The highest BCUT2D eigenvalue weighted by atomic mass is 16.1. The molecular weight excluding hydrogens is 202 g/mol. The van der Waals surface area contributed by atoms with Crippen LogP contribution in [0.25, 0.3) is 0 Å². The van der Waals surface area contributed by atoms with E-state index >= 15 is 0 Å². The monoisotopic (exact) mass is 227 g/mol. The molecule has 0 saturated carbocycles. The lowest BCUT2D eigenvalue weighted by molar-refractivity contribution is -0.120. The molecule has 1 saturated heterocycles. The zero-order valence-corrected chi connectivity index (χ0v) is 10.8.